The molecule has 0 aliphatic heterocycles. The van der Waals surface area contributed by atoms with Gasteiger partial charge in [-0.15, -0.1) is 0 Å². The highest BCUT2D eigenvalue weighted by molar-refractivity contribution is 6.33. The van der Waals surface area contributed by atoms with Gasteiger partial charge < -0.3 is 14.6 Å². The van der Waals surface area contributed by atoms with Crippen LogP contribution in [0.1, 0.15) is 17.3 Å². The van der Waals surface area contributed by atoms with Crippen LogP contribution in [0, 0.1) is 0 Å². The zero-order valence-corrected chi connectivity index (χ0v) is 14.6. The number of anilines is 1. The molecule has 1 heterocycles. The van der Waals surface area contributed by atoms with Gasteiger partial charge in [0.15, 0.2) is 0 Å². The van der Waals surface area contributed by atoms with E-state index in [-0.39, 0.29) is 11.0 Å². The molecule has 3 rings (SSSR count). The average Bonchev–Trinajstić information content (AvgIpc) is 2.60. The highest BCUT2D eigenvalue weighted by Gasteiger charge is 2.16. The van der Waals surface area contributed by atoms with Gasteiger partial charge in [-0.1, -0.05) is 23.7 Å². The molecular formula is C19H17ClN2O3. The van der Waals surface area contributed by atoms with Crippen LogP contribution in [0.2, 0.25) is 5.02 Å². The molecule has 5 nitrogen and oxygen atoms in total. The van der Waals surface area contributed by atoms with Crippen molar-refractivity contribution in [2.45, 2.75) is 6.92 Å². The predicted octanol–water partition coefficient (Wildman–Crippen LogP) is 3.84. The molecule has 0 atom stereocenters. The van der Waals surface area contributed by atoms with Crippen molar-refractivity contribution in [3.8, 4) is 5.75 Å². The van der Waals surface area contributed by atoms with E-state index in [1.54, 1.807) is 54.1 Å². The lowest BCUT2D eigenvalue weighted by atomic mass is 10.1. The van der Waals surface area contributed by atoms with Gasteiger partial charge >= 0.3 is 0 Å². The Hall–Kier alpha value is -2.79. The molecule has 6 heteroatoms. The summed E-state index contributed by atoms with van der Waals surface area (Å²) in [5.74, 6) is 0.0909. The molecule has 1 N–H and O–H groups in total. The summed E-state index contributed by atoms with van der Waals surface area (Å²) in [5, 5.41) is 3.52. The minimum absolute atomic E-state index is 0.0450. The van der Waals surface area contributed by atoms with Gasteiger partial charge in [0.05, 0.1) is 28.2 Å². The van der Waals surface area contributed by atoms with Crippen LogP contribution in [0.25, 0.3) is 10.9 Å². The Kier molecular flexibility index (Phi) is 4.76. The van der Waals surface area contributed by atoms with Crippen molar-refractivity contribution in [2.24, 2.45) is 7.05 Å². The van der Waals surface area contributed by atoms with Crippen LogP contribution in [0.3, 0.4) is 0 Å². The molecule has 0 spiro atoms. The van der Waals surface area contributed by atoms with Crippen LogP contribution in [0.15, 0.2) is 53.5 Å². The van der Waals surface area contributed by atoms with Gasteiger partial charge in [-0.25, -0.2) is 0 Å². The first-order valence-corrected chi connectivity index (χ1v) is 8.21. The predicted molar refractivity (Wildman–Crippen MR) is 99.8 cm³/mol. The van der Waals surface area contributed by atoms with E-state index in [1.165, 1.54) is 6.20 Å². The van der Waals surface area contributed by atoms with E-state index in [0.29, 0.717) is 28.5 Å². The van der Waals surface area contributed by atoms with Crippen molar-refractivity contribution >= 4 is 34.1 Å². The number of ether oxygens (including phenoxy) is 1. The van der Waals surface area contributed by atoms with Gasteiger partial charge in [-0.2, -0.15) is 0 Å². The standard InChI is InChI=1S/C19H17ClN2O3/c1-3-25-12-8-9-17-13(10-12)18(23)14(11-22(17)2)19(24)21-16-7-5-4-6-15(16)20/h4-11H,3H2,1-2H3,(H,21,24). The maximum absolute atomic E-state index is 12.8. The fraction of sp³-hybridized carbons (Fsp3) is 0.158. The highest BCUT2D eigenvalue weighted by atomic mass is 35.5. The smallest absolute Gasteiger partial charge is 0.261 e. The first-order valence-electron chi connectivity index (χ1n) is 7.83. The second-order valence-electron chi connectivity index (χ2n) is 5.53. The van der Waals surface area contributed by atoms with Gasteiger partial charge in [-0.05, 0) is 37.3 Å². The number of fused-ring (bicyclic) bond motifs is 1. The fourth-order valence-electron chi connectivity index (χ4n) is 2.64. The second-order valence-corrected chi connectivity index (χ2v) is 5.94. The first kappa shape index (κ1) is 17.0. The third kappa shape index (κ3) is 3.37. The number of nitrogens with one attached hydrogen (secondary N) is 1. The largest absolute Gasteiger partial charge is 0.494 e. The number of pyridine rings is 1. The number of carbonyl (C=O) groups is 1. The van der Waals surface area contributed by atoms with Crippen molar-refractivity contribution in [2.75, 3.05) is 11.9 Å². The normalized spacial score (nSPS) is 10.7. The van der Waals surface area contributed by atoms with Gasteiger partial charge in [0, 0.05) is 13.2 Å². The topological polar surface area (TPSA) is 60.3 Å². The van der Waals surface area contributed by atoms with Gasteiger partial charge in [-0.3, -0.25) is 9.59 Å². The Bertz CT molecular complexity index is 1010. The van der Waals surface area contributed by atoms with Gasteiger partial charge in [0.1, 0.15) is 11.3 Å². The third-order valence-corrected chi connectivity index (χ3v) is 4.17. The van der Waals surface area contributed by atoms with Crippen LogP contribution < -0.4 is 15.5 Å². The van der Waals surface area contributed by atoms with Gasteiger partial charge in [0.2, 0.25) is 5.43 Å². The minimum atomic E-state index is -0.502. The Balaban J connectivity index is 2.07. The number of nitrogens with zero attached hydrogens (tertiary/aromatic N) is 1. The number of benzene rings is 2. The van der Waals surface area contributed by atoms with E-state index in [2.05, 4.69) is 5.32 Å². The summed E-state index contributed by atoms with van der Waals surface area (Å²) in [6.45, 7) is 2.37. The zero-order chi connectivity index (χ0) is 18.0. The summed E-state index contributed by atoms with van der Waals surface area (Å²) >= 11 is 6.06. The molecule has 0 bridgehead atoms. The Morgan fingerprint density at radius 1 is 1.24 bits per heavy atom. The molecule has 0 saturated carbocycles. The number of hydrogen-bond donors (Lipinski definition) is 1. The molecule has 128 valence electrons. The van der Waals surface area contributed by atoms with Gasteiger partial charge in [0.25, 0.3) is 5.91 Å². The molecule has 0 fully saturated rings. The average molecular weight is 357 g/mol. The lowest BCUT2D eigenvalue weighted by Gasteiger charge is -2.11. The van der Waals surface area contributed by atoms with Crippen molar-refractivity contribution in [1.29, 1.82) is 0 Å². The second kappa shape index (κ2) is 6.99. The maximum Gasteiger partial charge on any atom is 0.261 e. The summed E-state index contributed by atoms with van der Waals surface area (Å²) < 4.78 is 7.20. The number of aryl methyl sites for hydroxylation is 1. The summed E-state index contributed by atoms with van der Waals surface area (Å²) in [6, 6.07) is 12.1. The van der Waals surface area contributed by atoms with Crippen molar-refractivity contribution in [1.82, 2.24) is 4.57 Å². The molecule has 25 heavy (non-hydrogen) atoms. The Labute approximate surface area is 149 Å². The van der Waals surface area contributed by atoms with Crippen LogP contribution >= 0.6 is 11.6 Å². The summed E-state index contributed by atoms with van der Waals surface area (Å²) in [4.78, 5) is 25.4. The SMILES string of the molecule is CCOc1ccc2c(c1)c(=O)c(C(=O)Nc1ccccc1Cl)cn2C. The molecule has 3 aromatic rings. The van der Waals surface area contributed by atoms with E-state index < -0.39 is 5.91 Å². The zero-order valence-electron chi connectivity index (χ0n) is 13.9. The summed E-state index contributed by atoms with van der Waals surface area (Å²) in [5.41, 5.74) is 0.880. The van der Waals surface area contributed by atoms with E-state index >= 15 is 0 Å². The first-order chi connectivity index (χ1) is 12.0. The minimum Gasteiger partial charge on any atom is -0.494 e. The van der Waals surface area contributed by atoms with E-state index in [1.807, 2.05) is 6.92 Å². The summed E-state index contributed by atoms with van der Waals surface area (Å²) in [7, 11) is 1.79. The number of para-hydroxylation sites is 1. The van der Waals surface area contributed by atoms with Crippen LogP contribution in [-0.4, -0.2) is 17.1 Å². The molecule has 0 aliphatic rings. The molecule has 0 radical (unpaired) electrons. The maximum atomic E-state index is 12.8. The van der Waals surface area contributed by atoms with E-state index in [0.717, 1.165) is 5.52 Å². The van der Waals surface area contributed by atoms with Crippen molar-refractivity contribution in [3.63, 3.8) is 0 Å². The lowest BCUT2D eigenvalue weighted by Crippen LogP contribution is -2.23. The summed E-state index contributed by atoms with van der Waals surface area (Å²) in [6.07, 6.45) is 1.52. The van der Waals surface area contributed by atoms with E-state index in [4.69, 9.17) is 16.3 Å². The lowest BCUT2D eigenvalue weighted by molar-refractivity contribution is 0.102. The molecule has 1 amide bonds. The monoisotopic (exact) mass is 356 g/mol. The Morgan fingerprint density at radius 3 is 2.72 bits per heavy atom. The number of amides is 1. The fourth-order valence-corrected chi connectivity index (χ4v) is 2.82. The molecule has 1 aromatic heterocycles. The molecule has 2 aromatic carbocycles. The number of aromatic nitrogens is 1. The highest BCUT2D eigenvalue weighted by Crippen LogP contribution is 2.22. The van der Waals surface area contributed by atoms with Crippen LogP contribution in [0.4, 0.5) is 5.69 Å². The van der Waals surface area contributed by atoms with Crippen molar-refractivity contribution in [3.05, 3.63) is 69.5 Å². The van der Waals surface area contributed by atoms with Crippen LogP contribution in [-0.2, 0) is 7.05 Å². The third-order valence-electron chi connectivity index (χ3n) is 3.84. The molecular weight excluding hydrogens is 340 g/mol. The number of rotatable bonds is 4. The number of carbonyl (C=O) groups excluding carboxylic acids is 1. The van der Waals surface area contributed by atoms with Crippen LogP contribution in [0.5, 0.6) is 5.75 Å². The molecule has 0 aliphatic carbocycles. The van der Waals surface area contributed by atoms with E-state index in [9.17, 15) is 9.59 Å². The quantitative estimate of drug-likeness (QED) is 0.772. The Morgan fingerprint density at radius 2 is 2.00 bits per heavy atom. The molecule has 0 saturated heterocycles. The van der Waals surface area contributed by atoms with Crippen molar-refractivity contribution < 1.29 is 9.53 Å². The number of hydrogen-bond acceptors (Lipinski definition) is 3. The number of halogens is 1. The molecule has 0 unspecified atom stereocenters.